The molecule has 1 aromatic heterocycles. The van der Waals surface area contributed by atoms with Crippen LogP contribution in [0.3, 0.4) is 0 Å². The molecule has 14 heavy (non-hydrogen) atoms. The minimum absolute atomic E-state index is 0.127. The summed E-state index contributed by atoms with van der Waals surface area (Å²) in [7, 11) is 0. The zero-order chi connectivity index (χ0) is 11.0. The summed E-state index contributed by atoms with van der Waals surface area (Å²) < 4.78 is 0. The third kappa shape index (κ3) is 4.18. The number of amides is 1. The van der Waals surface area contributed by atoms with E-state index in [1.54, 1.807) is 6.92 Å². The molecule has 1 aromatic rings. The van der Waals surface area contributed by atoms with E-state index in [9.17, 15) is 4.79 Å². The molecule has 1 heterocycles. The van der Waals surface area contributed by atoms with Crippen molar-refractivity contribution in [1.82, 2.24) is 9.97 Å². The highest BCUT2D eigenvalue weighted by molar-refractivity contribution is 6.32. The molecule has 0 atom stereocenters. The van der Waals surface area contributed by atoms with Crippen molar-refractivity contribution in [3.05, 3.63) is 17.5 Å². The van der Waals surface area contributed by atoms with E-state index < -0.39 is 0 Å². The molecule has 4 nitrogen and oxygen atoms in total. The van der Waals surface area contributed by atoms with Crippen molar-refractivity contribution in [3.8, 4) is 0 Å². The number of hydrogen-bond acceptors (Lipinski definition) is 3. The molecule has 5 heteroatoms. The second-order valence-corrected chi connectivity index (χ2v) is 2.46. The average molecular weight is 216 g/mol. The SMILES string of the molecule is CC.CCC(=O)Nc1nccnc1Cl. The summed E-state index contributed by atoms with van der Waals surface area (Å²) in [6, 6.07) is 0. The van der Waals surface area contributed by atoms with Crippen LogP contribution in [0.25, 0.3) is 0 Å². The first kappa shape index (κ1) is 12.8. The van der Waals surface area contributed by atoms with Gasteiger partial charge >= 0.3 is 0 Å². The van der Waals surface area contributed by atoms with Crippen LogP contribution in [0.4, 0.5) is 5.82 Å². The van der Waals surface area contributed by atoms with Crippen molar-refractivity contribution in [1.29, 1.82) is 0 Å². The van der Waals surface area contributed by atoms with Crippen LogP contribution in [0, 0.1) is 0 Å². The van der Waals surface area contributed by atoms with Crippen molar-refractivity contribution in [2.24, 2.45) is 0 Å². The van der Waals surface area contributed by atoms with Gasteiger partial charge in [-0.25, -0.2) is 9.97 Å². The predicted molar refractivity (Wildman–Crippen MR) is 57.3 cm³/mol. The Morgan fingerprint density at radius 1 is 1.43 bits per heavy atom. The van der Waals surface area contributed by atoms with E-state index >= 15 is 0 Å². The zero-order valence-electron chi connectivity index (χ0n) is 8.54. The standard InChI is InChI=1S/C7H8ClN3O.C2H6/c1-2-5(12)11-7-6(8)9-3-4-10-7;1-2/h3-4H,2H2,1H3,(H,10,11,12);1-2H3. The van der Waals surface area contributed by atoms with Crippen molar-refractivity contribution < 1.29 is 4.79 Å². The van der Waals surface area contributed by atoms with Gasteiger partial charge in [-0.2, -0.15) is 0 Å². The van der Waals surface area contributed by atoms with Gasteiger partial charge in [0.15, 0.2) is 11.0 Å². The Hall–Kier alpha value is -1.16. The highest BCUT2D eigenvalue weighted by atomic mass is 35.5. The normalized spacial score (nSPS) is 8.57. The van der Waals surface area contributed by atoms with Crippen LogP contribution < -0.4 is 5.32 Å². The predicted octanol–water partition coefficient (Wildman–Crippen LogP) is 2.50. The van der Waals surface area contributed by atoms with Crippen LogP contribution >= 0.6 is 11.6 Å². The maximum Gasteiger partial charge on any atom is 0.225 e. The lowest BCUT2D eigenvalue weighted by Crippen LogP contribution is -2.11. The van der Waals surface area contributed by atoms with Crippen molar-refractivity contribution >= 4 is 23.3 Å². The largest absolute Gasteiger partial charge is 0.308 e. The fraction of sp³-hybridized carbons (Fsp3) is 0.444. The molecule has 0 bridgehead atoms. The number of hydrogen-bond donors (Lipinski definition) is 1. The van der Waals surface area contributed by atoms with Gasteiger partial charge in [0.2, 0.25) is 5.91 Å². The Labute approximate surface area is 88.7 Å². The maximum atomic E-state index is 10.9. The third-order valence-corrected chi connectivity index (χ3v) is 1.51. The van der Waals surface area contributed by atoms with E-state index in [4.69, 9.17) is 11.6 Å². The number of rotatable bonds is 2. The van der Waals surface area contributed by atoms with Crippen molar-refractivity contribution in [2.75, 3.05) is 5.32 Å². The quantitative estimate of drug-likeness (QED) is 0.825. The van der Waals surface area contributed by atoms with E-state index in [-0.39, 0.29) is 11.1 Å². The monoisotopic (exact) mass is 215 g/mol. The second-order valence-electron chi connectivity index (χ2n) is 2.10. The summed E-state index contributed by atoms with van der Waals surface area (Å²) in [6.07, 6.45) is 3.33. The molecule has 0 aliphatic heterocycles. The van der Waals surface area contributed by atoms with E-state index in [1.807, 2.05) is 13.8 Å². The lowest BCUT2D eigenvalue weighted by Gasteiger charge is -2.01. The number of nitrogens with one attached hydrogen (secondary N) is 1. The van der Waals surface area contributed by atoms with Gasteiger partial charge in [-0.3, -0.25) is 4.79 Å². The van der Waals surface area contributed by atoms with Crippen LogP contribution in [0.2, 0.25) is 5.15 Å². The zero-order valence-corrected chi connectivity index (χ0v) is 9.30. The van der Waals surface area contributed by atoms with Crippen LogP contribution in [-0.2, 0) is 4.79 Å². The molecular formula is C9H14ClN3O. The van der Waals surface area contributed by atoms with Gasteiger partial charge < -0.3 is 5.32 Å². The van der Waals surface area contributed by atoms with Gasteiger partial charge in [0, 0.05) is 18.8 Å². The molecule has 0 radical (unpaired) electrons. The van der Waals surface area contributed by atoms with E-state index in [1.165, 1.54) is 12.4 Å². The van der Waals surface area contributed by atoms with E-state index in [0.717, 1.165) is 0 Å². The number of nitrogens with zero attached hydrogens (tertiary/aromatic N) is 2. The Morgan fingerprint density at radius 2 is 2.00 bits per heavy atom. The van der Waals surface area contributed by atoms with Gasteiger partial charge in [0.1, 0.15) is 0 Å². The van der Waals surface area contributed by atoms with E-state index in [2.05, 4.69) is 15.3 Å². The summed E-state index contributed by atoms with van der Waals surface area (Å²) >= 11 is 5.64. The summed E-state index contributed by atoms with van der Waals surface area (Å²) in [6.45, 7) is 5.75. The molecule has 0 saturated heterocycles. The van der Waals surface area contributed by atoms with Gasteiger partial charge in [-0.15, -0.1) is 0 Å². The Balaban J connectivity index is 0.000000791. The lowest BCUT2D eigenvalue weighted by molar-refractivity contribution is -0.115. The molecule has 0 aliphatic carbocycles. The molecule has 1 amide bonds. The number of aromatic nitrogens is 2. The third-order valence-electron chi connectivity index (χ3n) is 1.23. The molecule has 0 aliphatic rings. The molecule has 0 spiro atoms. The van der Waals surface area contributed by atoms with E-state index in [0.29, 0.717) is 12.2 Å². The summed E-state index contributed by atoms with van der Waals surface area (Å²) in [5, 5.41) is 2.72. The molecule has 78 valence electrons. The lowest BCUT2D eigenvalue weighted by atomic mass is 10.4. The molecule has 0 fully saturated rings. The molecular weight excluding hydrogens is 202 g/mol. The van der Waals surface area contributed by atoms with Crippen molar-refractivity contribution in [3.63, 3.8) is 0 Å². The first-order valence-corrected chi connectivity index (χ1v) is 4.88. The first-order valence-electron chi connectivity index (χ1n) is 4.50. The molecule has 1 N–H and O–H groups in total. The summed E-state index contributed by atoms with van der Waals surface area (Å²) in [4.78, 5) is 18.5. The number of carbonyl (C=O) groups is 1. The summed E-state index contributed by atoms with van der Waals surface area (Å²) in [5.74, 6) is 0.184. The highest BCUT2D eigenvalue weighted by Gasteiger charge is 2.04. The van der Waals surface area contributed by atoms with Crippen LogP contribution in [0.15, 0.2) is 12.4 Å². The molecule has 0 unspecified atom stereocenters. The van der Waals surface area contributed by atoms with Gasteiger partial charge in [0.05, 0.1) is 0 Å². The fourth-order valence-corrected chi connectivity index (χ4v) is 0.778. The van der Waals surface area contributed by atoms with Gasteiger partial charge in [-0.1, -0.05) is 32.4 Å². The number of halogens is 1. The minimum Gasteiger partial charge on any atom is -0.308 e. The molecule has 0 saturated carbocycles. The molecule has 0 aromatic carbocycles. The first-order chi connectivity index (χ1) is 6.74. The van der Waals surface area contributed by atoms with Gasteiger partial charge in [-0.05, 0) is 0 Å². The minimum atomic E-state index is -0.127. The van der Waals surface area contributed by atoms with Crippen molar-refractivity contribution in [2.45, 2.75) is 27.2 Å². The van der Waals surface area contributed by atoms with Gasteiger partial charge in [0.25, 0.3) is 0 Å². The maximum absolute atomic E-state index is 10.9. The smallest absolute Gasteiger partial charge is 0.225 e. The average Bonchev–Trinajstić information content (AvgIpc) is 2.24. The van der Waals surface area contributed by atoms with Crippen LogP contribution in [0.1, 0.15) is 27.2 Å². The Bertz CT molecular complexity index is 291. The topological polar surface area (TPSA) is 54.9 Å². The Morgan fingerprint density at radius 3 is 2.50 bits per heavy atom. The highest BCUT2D eigenvalue weighted by Crippen LogP contribution is 2.13. The van der Waals surface area contributed by atoms with Crippen LogP contribution in [-0.4, -0.2) is 15.9 Å². The second kappa shape index (κ2) is 7.26. The Kier molecular flexibility index (Phi) is 6.66. The summed E-state index contributed by atoms with van der Waals surface area (Å²) in [5.41, 5.74) is 0. The number of carbonyl (C=O) groups excluding carboxylic acids is 1. The van der Waals surface area contributed by atoms with Crippen LogP contribution in [0.5, 0.6) is 0 Å². The molecule has 1 rings (SSSR count). The fourth-order valence-electron chi connectivity index (χ4n) is 0.625. The number of anilines is 1.